The van der Waals surface area contributed by atoms with Crippen LogP contribution in [0.1, 0.15) is 8.35 Å². The number of aliphatic imine (C=N–C) groups is 2. The summed E-state index contributed by atoms with van der Waals surface area (Å²) in [6.07, 6.45) is 0. The molecule has 0 unspecified atom stereocenters. The zero-order valence-electron chi connectivity index (χ0n) is 5.05. The molecule has 4 heteroatoms. The Hall–Kier alpha value is -1.06. The maximum atomic E-state index is 5.16. The van der Waals surface area contributed by atoms with Crippen molar-refractivity contribution in [1.82, 2.24) is 0 Å². The molecule has 0 heterocycles. The number of amidine groups is 1. The minimum atomic E-state index is 0. The lowest BCUT2D eigenvalue weighted by Gasteiger charge is -1.88. The summed E-state index contributed by atoms with van der Waals surface area (Å²) in [6.45, 7) is 1.65. The van der Waals surface area contributed by atoms with E-state index in [4.69, 9.17) is 11.5 Å². The molecule has 0 atom stereocenters. The van der Waals surface area contributed by atoms with Crippen LogP contribution in [-0.2, 0) is 0 Å². The molecule has 0 aromatic carbocycles. The third kappa shape index (κ3) is 3.14. The summed E-state index contributed by atoms with van der Waals surface area (Å²) >= 11 is 0. The summed E-state index contributed by atoms with van der Waals surface area (Å²) in [4.78, 5) is 7.17. The molecule has 0 amide bonds. The summed E-state index contributed by atoms with van der Waals surface area (Å²) in [5, 5.41) is 0. The number of guanidine groups is 1. The highest BCUT2D eigenvalue weighted by Gasteiger charge is 1.80. The Morgan fingerprint density at radius 3 is 2.12 bits per heavy atom. The van der Waals surface area contributed by atoms with E-state index in [1.165, 1.54) is 0 Å². The molecule has 0 spiro atoms. The molecule has 0 saturated heterocycles. The van der Waals surface area contributed by atoms with Crippen LogP contribution < -0.4 is 11.5 Å². The lowest BCUT2D eigenvalue weighted by atomic mass is 10.7. The van der Waals surface area contributed by atoms with Crippen LogP contribution in [0.4, 0.5) is 0 Å². The third-order valence-corrected chi connectivity index (χ3v) is 0.520. The minimum absolute atomic E-state index is 0. The van der Waals surface area contributed by atoms with E-state index in [0.29, 0.717) is 5.84 Å². The van der Waals surface area contributed by atoms with Crippen molar-refractivity contribution in [3.05, 3.63) is 0 Å². The van der Waals surface area contributed by atoms with Crippen molar-refractivity contribution >= 4 is 11.8 Å². The highest BCUT2D eigenvalue weighted by Crippen LogP contribution is 1.68. The molecule has 0 saturated carbocycles. The van der Waals surface area contributed by atoms with Gasteiger partial charge in [-0.15, -0.1) is 0 Å². The van der Waals surface area contributed by atoms with E-state index in [9.17, 15) is 0 Å². The molecule has 0 aromatic rings. The minimum Gasteiger partial charge on any atom is -0.387 e. The molecule has 48 valence electrons. The Morgan fingerprint density at radius 1 is 1.50 bits per heavy atom. The topological polar surface area (TPSA) is 76.8 Å². The predicted octanol–water partition coefficient (Wildman–Crippen LogP) is -0.446. The molecule has 0 fully saturated rings. The Balaban J connectivity index is 0. The fourth-order valence-corrected chi connectivity index (χ4v) is 0.231. The van der Waals surface area contributed by atoms with Crippen LogP contribution in [0.25, 0.3) is 0 Å². The van der Waals surface area contributed by atoms with E-state index in [1.807, 2.05) is 0 Å². The van der Waals surface area contributed by atoms with Crippen molar-refractivity contribution in [2.24, 2.45) is 21.5 Å². The molecule has 8 heavy (non-hydrogen) atoms. The van der Waals surface area contributed by atoms with Gasteiger partial charge in [0.1, 0.15) is 0 Å². The van der Waals surface area contributed by atoms with E-state index < -0.39 is 0 Å². The quantitative estimate of drug-likeness (QED) is 0.332. The first-order chi connectivity index (χ1) is 3.66. The Labute approximate surface area is 49.8 Å². The molecular weight excluding hydrogens is 104 g/mol. The second-order valence-electron chi connectivity index (χ2n) is 1.33. The van der Waals surface area contributed by atoms with Gasteiger partial charge in [-0.2, -0.15) is 0 Å². The van der Waals surface area contributed by atoms with Crippen LogP contribution in [0.15, 0.2) is 9.98 Å². The zero-order chi connectivity index (χ0) is 6.57. The predicted molar refractivity (Wildman–Crippen MR) is 37.0 cm³/mol. The van der Waals surface area contributed by atoms with E-state index in [1.54, 1.807) is 14.0 Å². The van der Waals surface area contributed by atoms with E-state index in [-0.39, 0.29) is 7.39 Å². The summed E-state index contributed by atoms with van der Waals surface area (Å²) < 4.78 is 0. The standard InChI is InChI=1S/C4H10N4.H2/c1-3(5)8-4(6)7-2;/h1-2H3,(H4,5,6,7,8);1H. The van der Waals surface area contributed by atoms with Crippen molar-refractivity contribution in [2.75, 3.05) is 7.05 Å². The fourth-order valence-electron chi connectivity index (χ4n) is 0.231. The van der Waals surface area contributed by atoms with Gasteiger partial charge in [0.25, 0.3) is 0 Å². The van der Waals surface area contributed by atoms with Gasteiger partial charge >= 0.3 is 0 Å². The maximum Gasteiger partial charge on any atom is 0.216 e. The molecule has 0 rings (SSSR count). The van der Waals surface area contributed by atoms with Crippen LogP contribution in [-0.4, -0.2) is 18.8 Å². The molecule has 0 radical (unpaired) electrons. The van der Waals surface area contributed by atoms with Crippen molar-refractivity contribution in [3.8, 4) is 0 Å². The lowest BCUT2D eigenvalue weighted by molar-refractivity contribution is 1.34. The first-order valence-electron chi connectivity index (χ1n) is 2.20. The largest absolute Gasteiger partial charge is 0.387 e. The second-order valence-corrected chi connectivity index (χ2v) is 1.33. The van der Waals surface area contributed by atoms with E-state index in [0.717, 1.165) is 0 Å². The molecular formula is C4H12N4. The van der Waals surface area contributed by atoms with Crippen LogP contribution >= 0.6 is 0 Å². The highest BCUT2D eigenvalue weighted by molar-refractivity contribution is 5.92. The van der Waals surface area contributed by atoms with Crippen molar-refractivity contribution in [3.63, 3.8) is 0 Å². The van der Waals surface area contributed by atoms with Gasteiger partial charge in [0.2, 0.25) is 5.96 Å². The molecule has 0 bridgehead atoms. The van der Waals surface area contributed by atoms with Crippen LogP contribution in [0, 0.1) is 0 Å². The van der Waals surface area contributed by atoms with Gasteiger partial charge in [-0.05, 0) is 6.92 Å². The molecule has 0 aliphatic heterocycles. The number of rotatable bonds is 0. The number of nitrogens with two attached hydrogens (primary N) is 2. The molecule has 4 nitrogen and oxygen atoms in total. The van der Waals surface area contributed by atoms with Gasteiger partial charge in [-0.25, -0.2) is 4.99 Å². The first kappa shape index (κ1) is 6.94. The smallest absolute Gasteiger partial charge is 0.216 e. The average Bonchev–Trinajstić information content (AvgIpc) is 1.65. The maximum absolute atomic E-state index is 5.16. The molecule has 0 aromatic heterocycles. The monoisotopic (exact) mass is 116 g/mol. The number of nitrogens with zero attached hydrogens (tertiary/aromatic N) is 2. The SMILES string of the molecule is CN=C(N)/N=C(/C)N.[HH]. The lowest BCUT2D eigenvalue weighted by Crippen LogP contribution is -2.15. The van der Waals surface area contributed by atoms with Crippen molar-refractivity contribution in [1.29, 1.82) is 0 Å². The van der Waals surface area contributed by atoms with Crippen molar-refractivity contribution in [2.45, 2.75) is 6.92 Å². The Kier molecular flexibility index (Phi) is 2.61. The first-order valence-corrected chi connectivity index (χ1v) is 2.20. The molecule has 0 aliphatic rings. The summed E-state index contributed by atoms with van der Waals surface area (Å²) in [6, 6.07) is 0. The average molecular weight is 116 g/mol. The van der Waals surface area contributed by atoms with Gasteiger partial charge in [0.05, 0.1) is 5.84 Å². The van der Waals surface area contributed by atoms with Gasteiger partial charge in [-0.3, -0.25) is 4.99 Å². The van der Waals surface area contributed by atoms with Gasteiger partial charge in [-0.1, -0.05) is 0 Å². The van der Waals surface area contributed by atoms with Crippen molar-refractivity contribution < 1.29 is 1.43 Å². The normalized spacial score (nSPS) is 14.2. The number of hydrogen-bond acceptors (Lipinski definition) is 1. The highest BCUT2D eigenvalue weighted by atomic mass is 15.0. The van der Waals surface area contributed by atoms with Crippen LogP contribution in [0.2, 0.25) is 0 Å². The van der Waals surface area contributed by atoms with Crippen LogP contribution in [0.3, 0.4) is 0 Å². The number of hydrogen-bond donors (Lipinski definition) is 2. The second kappa shape index (κ2) is 3.01. The fraction of sp³-hybridized carbons (Fsp3) is 0.500. The van der Waals surface area contributed by atoms with E-state index >= 15 is 0 Å². The summed E-state index contributed by atoms with van der Waals surface area (Å²) in [5.41, 5.74) is 10.3. The molecule has 0 aliphatic carbocycles. The van der Waals surface area contributed by atoms with Crippen LogP contribution in [0.5, 0.6) is 0 Å². The third-order valence-electron chi connectivity index (χ3n) is 0.520. The summed E-state index contributed by atoms with van der Waals surface area (Å²) in [5.74, 6) is 0.637. The molecule has 4 N–H and O–H groups in total. The Bertz CT molecular complexity index is 125. The van der Waals surface area contributed by atoms with E-state index in [2.05, 4.69) is 9.98 Å². The van der Waals surface area contributed by atoms with Gasteiger partial charge in [0, 0.05) is 8.47 Å². The zero-order valence-corrected chi connectivity index (χ0v) is 5.05. The van der Waals surface area contributed by atoms with Gasteiger partial charge < -0.3 is 11.5 Å². The Morgan fingerprint density at radius 2 is 2.00 bits per heavy atom. The summed E-state index contributed by atoms with van der Waals surface area (Å²) in [7, 11) is 1.56. The van der Waals surface area contributed by atoms with Gasteiger partial charge in [0.15, 0.2) is 0 Å².